The molecule has 1 aliphatic heterocycles. The van der Waals surface area contributed by atoms with Crippen LogP contribution < -0.4 is 10.6 Å². The van der Waals surface area contributed by atoms with Gasteiger partial charge in [0.2, 0.25) is 5.91 Å². The van der Waals surface area contributed by atoms with Crippen LogP contribution in [0.15, 0.2) is 12.1 Å². The van der Waals surface area contributed by atoms with E-state index in [1.807, 2.05) is 0 Å². The molecule has 2 amide bonds. The van der Waals surface area contributed by atoms with Crippen LogP contribution in [-0.4, -0.2) is 28.9 Å². The van der Waals surface area contributed by atoms with Gasteiger partial charge in [-0.25, -0.2) is 4.39 Å². The van der Waals surface area contributed by atoms with Crippen molar-refractivity contribution in [3.63, 3.8) is 0 Å². The Kier molecular flexibility index (Phi) is 6.65. The summed E-state index contributed by atoms with van der Waals surface area (Å²) in [6.45, 7) is 0. The van der Waals surface area contributed by atoms with E-state index in [9.17, 15) is 18.8 Å². The Balaban J connectivity index is 1.71. The molecule has 152 valence electrons. The average molecular weight is 390 g/mol. The zero-order valence-electron chi connectivity index (χ0n) is 15.9. The number of nitrogens with one attached hydrogen (secondary N) is 2. The number of anilines is 1. The number of benzene rings is 1. The van der Waals surface area contributed by atoms with Crippen LogP contribution in [0.3, 0.4) is 0 Å². The Hall–Kier alpha value is -2.44. The lowest BCUT2D eigenvalue weighted by Gasteiger charge is -2.27. The molecule has 3 N–H and O–H groups in total. The Labute approximate surface area is 163 Å². The minimum absolute atomic E-state index is 0.0314. The summed E-state index contributed by atoms with van der Waals surface area (Å²) >= 11 is 0. The van der Waals surface area contributed by atoms with Crippen LogP contribution in [0, 0.1) is 11.7 Å². The maximum Gasteiger partial charge on any atom is 0.303 e. The molecule has 1 fully saturated rings. The van der Waals surface area contributed by atoms with Crippen molar-refractivity contribution in [1.82, 2.24) is 5.32 Å². The summed E-state index contributed by atoms with van der Waals surface area (Å²) in [6, 6.07) is 2.39. The van der Waals surface area contributed by atoms with Gasteiger partial charge in [0.25, 0.3) is 5.91 Å². The summed E-state index contributed by atoms with van der Waals surface area (Å²) in [7, 11) is 0. The molecule has 1 saturated carbocycles. The SMILES string of the molecule is O=C(O)CCC(CC1CCCCC1)NC(=O)c1cc2c(cc1F)NC(=O)CC2. The van der Waals surface area contributed by atoms with Crippen molar-refractivity contribution in [3.05, 3.63) is 29.1 Å². The molecular weight excluding hydrogens is 363 g/mol. The summed E-state index contributed by atoms with van der Waals surface area (Å²) in [5.41, 5.74) is 1.09. The summed E-state index contributed by atoms with van der Waals surface area (Å²) in [6.07, 6.45) is 7.52. The molecule has 0 saturated heterocycles. The Bertz CT molecular complexity index is 759. The fourth-order valence-electron chi connectivity index (χ4n) is 4.21. The summed E-state index contributed by atoms with van der Waals surface area (Å²) < 4.78 is 14.5. The van der Waals surface area contributed by atoms with Crippen LogP contribution in [0.4, 0.5) is 10.1 Å². The number of carbonyl (C=O) groups is 3. The van der Waals surface area contributed by atoms with E-state index in [1.54, 1.807) is 0 Å². The van der Waals surface area contributed by atoms with Crippen LogP contribution in [0.2, 0.25) is 0 Å². The number of fused-ring (bicyclic) bond motifs is 1. The number of carboxylic acids is 1. The highest BCUT2D eigenvalue weighted by atomic mass is 19.1. The first kappa shape index (κ1) is 20.3. The molecule has 1 unspecified atom stereocenters. The molecule has 1 aromatic carbocycles. The van der Waals surface area contributed by atoms with Gasteiger partial charge in [-0.3, -0.25) is 14.4 Å². The largest absolute Gasteiger partial charge is 0.481 e. The summed E-state index contributed by atoms with van der Waals surface area (Å²) in [5, 5.41) is 14.5. The number of aryl methyl sites for hydroxylation is 1. The highest BCUT2D eigenvalue weighted by Gasteiger charge is 2.25. The van der Waals surface area contributed by atoms with Crippen LogP contribution >= 0.6 is 0 Å². The van der Waals surface area contributed by atoms with Gasteiger partial charge < -0.3 is 15.7 Å². The second kappa shape index (κ2) is 9.17. The highest BCUT2D eigenvalue weighted by molar-refractivity contribution is 5.98. The molecule has 1 heterocycles. The first-order valence-corrected chi connectivity index (χ1v) is 10.1. The van der Waals surface area contributed by atoms with E-state index in [2.05, 4.69) is 10.6 Å². The van der Waals surface area contributed by atoms with E-state index in [-0.39, 0.29) is 23.9 Å². The zero-order valence-corrected chi connectivity index (χ0v) is 15.9. The van der Waals surface area contributed by atoms with E-state index in [4.69, 9.17) is 5.11 Å². The van der Waals surface area contributed by atoms with Crippen molar-refractivity contribution >= 4 is 23.5 Å². The Morgan fingerprint density at radius 2 is 1.96 bits per heavy atom. The van der Waals surface area contributed by atoms with E-state index in [1.165, 1.54) is 18.6 Å². The van der Waals surface area contributed by atoms with Crippen molar-refractivity contribution < 1.29 is 23.9 Å². The van der Waals surface area contributed by atoms with Gasteiger partial charge in [0.05, 0.1) is 5.56 Å². The number of amides is 2. The molecule has 1 atom stereocenters. The topological polar surface area (TPSA) is 95.5 Å². The van der Waals surface area contributed by atoms with E-state index < -0.39 is 17.7 Å². The molecular formula is C21H27FN2O4. The lowest BCUT2D eigenvalue weighted by Crippen LogP contribution is -2.37. The van der Waals surface area contributed by atoms with E-state index >= 15 is 0 Å². The third-order valence-electron chi connectivity index (χ3n) is 5.72. The van der Waals surface area contributed by atoms with E-state index in [0.29, 0.717) is 30.9 Å². The second-order valence-corrected chi connectivity index (χ2v) is 7.88. The lowest BCUT2D eigenvalue weighted by atomic mass is 9.84. The number of carboxylic acid groups (broad SMARTS) is 1. The third-order valence-corrected chi connectivity index (χ3v) is 5.72. The van der Waals surface area contributed by atoms with Crippen LogP contribution in [0.25, 0.3) is 0 Å². The van der Waals surface area contributed by atoms with Crippen LogP contribution in [0.1, 0.15) is 73.7 Å². The van der Waals surface area contributed by atoms with Crippen molar-refractivity contribution in [3.8, 4) is 0 Å². The molecule has 2 aliphatic rings. The first-order valence-electron chi connectivity index (χ1n) is 10.1. The number of carbonyl (C=O) groups excluding carboxylic acids is 2. The molecule has 6 nitrogen and oxygen atoms in total. The number of hydrogen-bond donors (Lipinski definition) is 3. The van der Waals surface area contributed by atoms with Gasteiger partial charge >= 0.3 is 5.97 Å². The fourth-order valence-corrected chi connectivity index (χ4v) is 4.21. The summed E-state index contributed by atoms with van der Waals surface area (Å²) in [5.74, 6) is -1.81. The number of aliphatic carboxylic acids is 1. The van der Waals surface area contributed by atoms with Crippen molar-refractivity contribution in [2.75, 3.05) is 5.32 Å². The van der Waals surface area contributed by atoms with Crippen molar-refractivity contribution in [2.45, 2.75) is 70.3 Å². The molecule has 0 aromatic heterocycles. The van der Waals surface area contributed by atoms with Gasteiger partial charge in [0.15, 0.2) is 0 Å². The van der Waals surface area contributed by atoms with Gasteiger partial charge in [-0.15, -0.1) is 0 Å². The molecule has 28 heavy (non-hydrogen) atoms. The maximum atomic E-state index is 14.5. The smallest absolute Gasteiger partial charge is 0.303 e. The molecule has 0 bridgehead atoms. The summed E-state index contributed by atoms with van der Waals surface area (Å²) in [4.78, 5) is 35.2. The van der Waals surface area contributed by atoms with Gasteiger partial charge in [0.1, 0.15) is 5.82 Å². The minimum atomic E-state index is -0.904. The molecule has 0 radical (unpaired) electrons. The van der Waals surface area contributed by atoms with E-state index in [0.717, 1.165) is 37.7 Å². The number of hydrogen-bond acceptors (Lipinski definition) is 3. The van der Waals surface area contributed by atoms with Gasteiger partial charge in [-0.2, -0.15) is 0 Å². The monoisotopic (exact) mass is 390 g/mol. The van der Waals surface area contributed by atoms with Gasteiger partial charge in [-0.05, 0) is 42.9 Å². The van der Waals surface area contributed by atoms with Gasteiger partial charge in [0, 0.05) is 24.6 Å². The minimum Gasteiger partial charge on any atom is -0.481 e. The molecule has 0 spiro atoms. The third kappa shape index (κ3) is 5.30. The quantitative estimate of drug-likeness (QED) is 0.662. The van der Waals surface area contributed by atoms with Crippen molar-refractivity contribution in [2.24, 2.45) is 5.92 Å². The molecule has 1 aromatic rings. The standard InChI is InChI=1S/C21H27FN2O4/c22-17-12-18-14(6-8-19(25)24-18)11-16(17)21(28)23-15(7-9-20(26)27)10-13-4-2-1-3-5-13/h11-13,15H,1-10H2,(H,23,28)(H,24,25)(H,26,27). The maximum absolute atomic E-state index is 14.5. The average Bonchev–Trinajstić information content (AvgIpc) is 2.66. The number of halogens is 1. The molecule has 3 rings (SSSR count). The molecule has 1 aliphatic carbocycles. The second-order valence-electron chi connectivity index (χ2n) is 7.88. The molecule has 7 heteroatoms. The predicted octanol–water partition coefficient (Wildman–Crippen LogP) is 3.64. The Morgan fingerprint density at radius 3 is 2.68 bits per heavy atom. The Morgan fingerprint density at radius 1 is 1.21 bits per heavy atom. The normalized spacial score (nSPS) is 18.1. The fraction of sp³-hybridized carbons (Fsp3) is 0.571. The van der Waals surface area contributed by atoms with Gasteiger partial charge in [-0.1, -0.05) is 32.1 Å². The zero-order chi connectivity index (χ0) is 20.1. The lowest BCUT2D eigenvalue weighted by molar-refractivity contribution is -0.137. The van der Waals surface area contributed by atoms with Crippen molar-refractivity contribution in [1.29, 1.82) is 0 Å². The van der Waals surface area contributed by atoms with Crippen LogP contribution in [0.5, 0.6) is 0 Å². The first-order chi connectivity index (χ1) is 13.4. The van der Waals surface area contributed by atoms with Crippen LogP contribution in [-0.2, 0) is 16.0 Å². The highest BCUT2D eigenvalue weighted by Crippen LogP contribution is 2.29. The number of rotatable bonds is 7. The predicted molar refractivity (Wildman–Crippen MR) is 103 cm³/mol.